The Morgan fingerprint density at radius 1 is 1.10 bits per heavy atom. The summed E-state index contributed by atoms with van der Waals surface area (Å²) >= 11 is 0. The van der Waals surface area contributed by atoms with Crippen LogP contribution in [0.3, 0.4) is 0 Å². The Hall–Kier alpha value is -3.24. The second-order valence-corrected chi connectivity index (χ2v) is 6.91. The number of aliphatic hydroxyl groups is 1. The molecule has 0 spiro atoms. The third-order valence-electron chi connectivity index (χ3n) is 4.61. The lowest BCUT2D eigenvalue weighted by Crippen LogP contribution is -2.39. The number of hydrogen-bond donors (Lipinski definition) is 2. The summed E-state index contributed by atoms with van der Waals surface area (Å²) in [5.41, 5.74) is 2.05. The number of rotatable bonds is 7. The number of aromatic nitrogens is 3. The molecule has 0 saturated carbocycles. The quantitative estimate of drug-likeness (QED) is 0.591. The maximum atomic E-state index is 13.2. The first kappa shape index (κ1) is 21.0. The van der Waals surface area contributed by atoms with Gasteiger partial charge in [0.15, 0.2) is 0 Å². The second kappa shape index (κ2) is 8.86. The molecular formula is C21H19F3N4O3. The number of alkyl halides is 3. The lowest BCUT2D eigenvalue weighted by Gasteiger charge is -2.27. The zero-order valence-electron chi connectivity index (χ0n) is 16.3. The Balaban J connectivity index is 1.45. The van der Waals surface area contributed by atoms with Crippen molar-refractivity contribution in [1.29, 1.82) is 0 Å². The van der Waals surface area contributed by atoms with Crippen molar-refractivity contribution in [2.45, 2.75) is 25.4 Å². The second-order valence-electron chi connectivity index (χ2n) is 6.91. The zero-order chi connectivity index (χ0) is 21.8. The molecule has 31 heavy (non-hydrogen) atoms. The molecule has 3 heterocycles. The molecule has 1 saturated heterocycles. The molecule has 0 aliphatic carbocycles. The molecule has 162 valence electrons. The van der Waals surface area contributed by atoms with Crippen LogP contribution in [0.5, 0.6) is 5.88 Å². The number of aliphatic hydroxyl groups excluding tert-OH is 1. The van der Waals surface area contributed by atoms with Crippen LogP contribution >= 0.6 is 0 Å². The first-order valence-corrected chi connectivity index (χ1v) is 9.51. The number of hydrogen-bond acceptors (Lipinski definition) is 7. The predicted octanol–water partition coefficient (Wildman–Crippen LogP) is 3.44. The molecule has 0 atom stereocenters. The molecule has 2 aromatic heterocycles. The SMILES string of the molecule is OCc1cccc(-c2ccc(CNc3ncc(C(F)(F)F)c(OC4COC4)n3)cc2)n1. The van der Waals surface area contributed by atoms with E-state index in [9.17, 15) is 18.3 Å². The highest BCUT2D eigenvalue weighted by atomic mass is 19.4. The van der Waals surface area contributed by atoms with Crippen molar-refractivity contribution in [2.75, 3.05) is 18.5 Å². The van der Waals surface area contributed by atoms with Gasteiger partial charge in [-0.15, -0.1) is 0 Å². The van der Waals surface area contributed by atoms with E-state index < -0.39 is 23.7 Å². The minimum Gasteiger partial charge on any atom is -0.469 e. The fourth-order valence-corrected chi connectivity index (χ4v) is 2.88. The molecule has 7 nitrogen and oxygen atoms in total. The third kappa shape index (κ3) is 5.09. The maximum absolute atomic E-state index is 13.2. The van der Waals surface area contributed by atoms with Gasteiger partial charge in [0.05, 0.1) is 31.2 Å². The van der Waals surface area contributed by atoms with Crippen LogP contribution in [-0.4, -0.2) is 39.4 Å². The van der Waals surface area contributed by atoms with Gasteiger partial charge in [0.25, 0.3) is 0 Å². The van der Waals surface area contributed by atoms with E-state index in [4.69, 9.17) is 9.47 Å². The fraction of sp³-hybridized carbons (Fsp3) is 0.286. The van der Waals surface area contributed by atoms with Gasteiger partial charge in [-0.05, 0) is 17.7 Å². The van der Waals surface area contributed by atoms with Crippen molar-refractivity contribution in [3.8, 4) is 17.1 Å². The van der Waals surface area contributed by atoms with Crippen LogP contribution in [0.1, 0.15) is 16.8 Å². The first-order chi connectivity index (χ1) is 14.9. The van der Waals surface area contributed by atoms with Crippen LogP contribution in [0.25, 0.3) is 11.3 Å². The van der Waals surface area contributed by atoms with Crippen LogP contribution in [0.4, 0.5) is 19.1 Å². The van der Waals surface area contributed by atoms with Crippen LogP contribution < -0.4 is 10.1 Å². The molecule has 2 N–H and O–H groups in total. The molecule has 4 rings (SSSR count). The van der Waals surface area contributed by atoms with Crippen molar-refractivity contribution >= 4 is 5.95 Å². The summed E-state index contributed by atoms with van der Waals surface area (Å²) in [6, 6.07) is 12.9. The van der Waals surface area contributed by atoms with Crippen LogP contribution in [-0.2, 0) is 24.1 Å². The summed E-state index contributed by atoms with van der Waals surface area (Å²) in [5, 5.41) is 12.1. The first-order valence-electron chi connectivity index (χ1n) is 9.51. The number of pyridine rings is 1. The Labute approximate surface area is 175 Å². The third-order valence-corrected chi connectivity index (χ3v) is 4.61. The highest BCUT2D eigenvalue weighted by molar-refractivity contribution is 5.59. The smallest absolute Gasteiger partial charge is 0.423 e. The van der Waals surface area contributed by atoms with Crippen LogP contribution in [0.15, 0.2) is 48.7 Å². The van der Waals surface area contributed by atoms with Crippen LogP contribution in [0.2, 0.25) is 0 Å². The van der Waals surface area contributed by atoms with Crippen molar-refractivity contribution in [1.82, 2.24) is 15.0 Å². The number of halogens is 3. The van der Waals surface area contributed by atoms with E-state index in [0.717, 1.165) is 16.8 Å². The maximum Gasteiger partial charge on any atom is 0.423 e. The average Bonchev–Trinajstić information content (AvgIpc) is 2.74. The van der Waals surface area contributed by atoms with Crippen molar-refractivity contribution in [3.05, 3.63) is 65.5 Å². The molecule has 0 radical (unpaired) electrons. The summed E-state index contributed by atoms with van der Waals surface area (Å²) in [6.45, 7) is 0.628. The van der Waals surface area contributed by atoms with Gasteiger partial charge < -0.3 is 19.9 Å². The van der Waals surface area contributed by atoms with Gasteiger partial charge in [-0.2, -0.15) is 18.2 Å². The standard InChI is InChI=1S/C21H19F3N4O3/c22-21(23,24)17-9-26-20(28-19(17)31-16-11-30-12-16)25-8-13-4-6-14(7-5-13)18-3-1-2-15(10-29)27-18/h1-7,9,16,29H,8,10-12H2,(H,25,26,28). The van der Waals surface area contributed by atoms with E-state index in [-0.39, 0.29) is 25.8 Å². The Bertz CT molecular complexity index is 1040. The van der Waals surface area contributed by atoms with E-state index >= 15 is 0 Å². The van der Waals surface area contributed by atoms with Crippen molar-refractivity contribution in [2.24, 2.45) is 0 Å². The summed E-state index contributed by atoms with van der Waals surface area (Å²) in [6.07, 6.45) is -4.35. The van der Waals surface area contributed by atoms with Crippen molar-refractivity contribution < 1.29 is 27.8 Å². The summed E-state index contributed by atoms with van der Waals surface area (Å²) < 4.78 is 49.9. The normalized spacial score (nSPS) is 14.2. The molecule has 0 unspecified atom stereocenters. The Morgan fingerprint density at radius 3 is 2.52 bits per heavy atom. The lowest BCUT2D eigenvalue weighted by atomic mass is 10.1. The fourth-order valence-electron chi connectivity index (χ4n) is 2.88. The molecule has 0 bridgehead atoms. The molecule has 0 amide bonds. The van der Waals surface area contributed by atoms with Gasteiger partial charge in [-0.1, -0.05) is 30.3 Å². The summed E-state index contributed by atoms with van der Waals surface area (Å²) in [4.78, 5) is 12.0. The molecule has 1 fully saturated rings. The minimum atomic E-state index is -4.62. The van der Waals surface area contributed by atoms with E-state index in [1.807, 2.05) is 36.4 Å². The monoisotopic (exact) mass is 432 g/mol. The highest BCUT2D eigenvalue weighted by Crippen LogP contribution is 2.35. The van der Waals surface area contributed by atoms with Gasteiger partial charge in [0, 0.05) is 18.3 Å². The minimum absolute atomic E-state index is 0.0321. The number of ether oxygens (including phenoxy) is 2. The highest BCUT2D eigenvalue weighted by Gasteiger charge is 2.37. The molecule has 1 aliphatic heterocycles. The topological polar surface area (TPSA) is 89.4 Å². The molecular weight excluding hydrogens is 413 g/mol. The van der Waals surface area contributed by atoms with Crippen LogP contribution in [0, 0.1) is 0 Å². The molecule has 3 aromatic rings. The predicted molar refractivity (Wildman–Crippen MR) is 105 cm³/mol. The summed E-state index contributed by atoms with van der Waals surface area (Å²) in [5.74, 6) is -0.479. The van der Waals surface area contributed by atoms with Gasteiger partial charge in [0.1, 0.15) is 11.7 Å². The van der Waals surface area contributed by atoms with Gasteiger partial charge in [-0.25, -0.2) is 4.98 Å². The number of nitrogens with zero attached hydrogens (tertiary/aromatic N) is 3. The largest absolute Gasteiger partial charge is 0.469 e. The summed E-state index contributed by atoms with van der Waals surface area (Å²) in [7, 11) is 0. The number of benzene rings is 1. The van der Waals surface area contributed by atoms with E-state index in [1.54, 1.807) is 6.07 Å². The van der Waals surface area contributed by atoms with Crippen molar-refractivity contribution in [3.63, 3.8) is 0 Å². The van der Waals surface area contributed by atoms with E-state index in [0.29, 0.717) is 18.4 Å². The molecule has 10 heteroatoms. The van der Waals surface area contributed by atoms with Gasteiger partial charge in [0.2, 0.25) is 11.8 Å². The molecule has 1 aromatic carbocycles. The number of nitrogens with one attached hydrogen (secondary N) is 1. The van der Waals surface area contributed by atoms with Gasteiger partial charge >= 0.3 is 6.18 Å². The lowest BCUT2D eigenvalue weighted by molar-refractivity contribution is -0.142. The van der Waals surface area contributed by atoms with E-state index in [2.05, 4.69) is 20.3 Å². The number of anilines is 1. The average molecular weight is 432 g/mol. The molecule has 1 aliphatic rings. The van der Waals surface area contributed by atoms with Gasteiger partial charge in [-0.3, -0.25) is 4.98 Å². The Morgan fingerprint density at radius 2 is 1.87 bits per heavy atom. The van der Waals surface area contributed by atoms with E-state index in [1.165, 1.54) is 0 Å². The zero-order valence-corrected chi connectivity index (χ0v) is 16.3. The Kier molecular flexibility index (Phi) is 6.01.